The second-order valence-corrected chi connectivity index (χ2v) is 6.48. The molecule has 0 unspecified atom stereocenters. The van der Waals surface area contributed by atoms with Crippen molar-refractivity contribution in [3.05, 3.63) is 24.0 Å². The van der Waals surface area contributed by atoms with E-state index >= 15 is 0 Å². The van der Waals surface area contributed by atoms with Crippen molar-refractivity contribution in [2.75, 3.05) is 39.1 Å². The van der Waals surface area contributed by atoms with Gasteiger partial charge in [0.2, 0.25) is 0 Å². The Hall–Kier alpha value is -2.84. The number of hydrogen-bond donors (Lipinski definition) is 1. The molecule has 1 aromatic rings. The van der Waals surface area contributed by atoms with Crippen LogP contribution in [0.1, 0.15) is 12.8 Å². The fourth-order valence-corrected chi connectivity index (χ4v) is 3.25. The van der Waals surface area contributed by atoms with Gasteiger partial charge in [0.05, 0.1) is 19.3 Å². The predicted octanol–water partition coefficient (Wildman–Crippen LogP) is 1.22. The minimum Gasteiger partial charge on any atom is -0.494 e. The number of nitrogens with zero attached hydrogens (tertiary/aromatic N) is 2. The molecule has 0 aromatic heterocycles. The zero-order chi connectivity index (χ0) is 18.9. The van der Waals surface area contributed by atoms with E-state index in [9.17, 15) is 18.8 Å². The summed E-state index contributed by atoms with van der Waals surface area (Å²) in [6.07, 6.45) is 0.529. The molecule has 3 rings (SSSR count). The maximum atomic E-state index is 14.1. The molecule has 2 heterocycles. The Labute approximate surface area is 149 Å². The van der Waals surface area contributed by atoms with Crippen LogP contribution in [0.5, 0.6) is 5.75 Å². The van der Waals surface area contributed by atoms with Gasteiger partial charge in [-0.25, -0.2) is 9.18 Å². The van der Waals surface area contributed by atoms with Crippen molar-refractivity contribution >= 4 is 23.6 Å². The third-order valence-electron chi connectivity index (χ3n) is 4.73. The van der Waals surface area contributed by atoms with Crippen LogP contribution < -0.4 is 10.1 Å². The first-order valence-corrected chi connectivity index (χ1v) is 8.22. The molecule has 8 nitrogen and oxygen atoms in total. The highest BCUT2D eigenvalue weighted by atomic mass is 19.1. The molecule has 9 heteroatoms. The number of ether oxygens (including phenoxy) is 2. The number of anilines is 1. The predicted molar refractivity (Wildman–Crippen MR) is 89.2 cm³/mol. The van der Waals surface area contributed by atoms with E-state index in [2.05, 4.69) is 5.32 Å². The van der Waals surface area contributed by atoms with Gasteiger partial charge in [-0.1, -0.05) is 6.07 Å². The Balaban J connectivity index is 1.60. The van der Waals surface area contributed by atoms with Gasteiger partial charge in [-0.3, -0.25) is 9.59 Å². The van der Waals surface area contributed by atoms with E-state index in [-0.39, 0.29) is 30.6 Å². The third-order valence-corrected chi connectivity index (χ3v) is 4.73. The summed E-state index contributed by atoms with van der Waals surface area (Å²) >= 11 is 0. The molecule has 140 valence electrons. The molecule has 0 saturated carbocycles. The molecule has 0 bridgehead atoms. The average Bonchev–Trinajstić information content (AvgIpc) is 2.90. The maximum absolute atomic E-state index is 14.1. The van der Waals surface area contributed by atoms with Crippen LogP contribution in [0.2, 0.25) is 0 Å². The normalized spacial score (nSPS) is 18.7. The molecule has 0 atom stereocenters. The summed E-state index contributed by atoms with van der Waals surface area (Å²) in [6.45, 7) is 1.04. The first-order chi connectivity index (χ1) is 12.3. The van der Waals surface area contributed by atoms with Crippen LogP contribution in [-0.4, -0.2) is 67.1 Å². The van der Waals surface area contributed by atoms with Crippen molar-refractivity contribution in [1.29, 1.82) is 0 Å². The summed E-state index contributed by atoms with van der Waals surface area (Å²) in [5.74, 6) is -2.44. The summed E-state index contributed by atoms with van der Waals surface area (Å²) in [4.78, 5) is 39.0. The third kappa shape index (κ3) is 3.29. The highest BCUT2D eigenvalue weighted by Crippen LogP contribution is 2.32. The fourth-order valence-electron chi connectivity index (χ4n) is 3.25. The van der Waals surface area contributed by atoms with E-state index < -0.39 is 23.2 Å². The van der Waals surface area contributed by atoms with Crippen LogP contribution >= 0.6 is 0 Å². The number of carbonyl (C=O) groups is 3. The number of rotatable bonds is 2. The topological polar surface area (TPSA) is 88.2 Å². The van der Waals surface area contributed by atoms with Crippen LogP contribution in [0.25, 0.3) is 0 Å². The Morgan fingerprint density at radius 3 is 2.58 bits per heavy atom. The quantitative estimate of drug-likeness (QED) is 0.796. The standard InChI is InChI=1S/C17H20FN3O5/c1-20-10-17(26-16(20)24)6-8-21(9-7-17)15(23)14(22)19-11-4-3-5-12(25-2)13(11)18/h3-5H,6-10H2,1-2H3,(H,19,22). The minimum absolute atomic E-state index is 0.0256. The van der Waals surface area contributed by atoms with E-state index in [0.29, 0.717) is 19.4 Å². The number of likely N-dealkylation sites (N-methyl/N-ethyl adjacent to an activating group) is 1. The van der Waals surface area contributed by atoms with Crippen molar-refractivity contribution in [3.63, 3.8) is 0 Å². The van der Waals surface area contributed by atoms with E-state index in [1.165, 1.54) is 35.1 Å². The summed E-state index contributed by atoms with van der Waals surface area (Å²) in [7, 11) is 2.97. The van der Waals surface area contributed by atoms with Gasteiger partial charge >= 0.3 is 17.9 Å². The Morgan fingerprint density at radius 2 is 2.00 bits per heavy atom. The van der Waals surface area contributed by atoms with Crippen molar-refractivity contribution in [3.8, 4) is 5.75 Å². The molecule has 3 amide bonds. The lowest BCUT2D eigenvalue weighted by molar-refractivity contribution is -0.145. The van der Waals surface area contributed by atoms with Gasteiger partial charge in [-0.2, -0.15) is 0 Å². The van der Waals surface area contributed by atoms with E-state index in [4.69, 9.17) is 9.47 Å². The van der Waals surface area contributed by atoms with Gasteiger partial charge in [0.25, 0.3) is 0 Å². The molecule has 2 saturated heterocycles. The number of piperidine rings is 1. The molecule has 0 aliphatic carbocycles. The lowest BCUT2D eigenvalue weighted by atomic mass is 9.91. The Morgan fingerprint density at radius 1 is 1.31 bits per heavy atom. The highest BCUT2D eigenvalue weighted by Gasteiger charge is 2.46. The van der Waals surface area contributed by atoms with Crippen molar-refractivity contribution in [2.24, 2.45) is 0 Å². The molecule has 26 heavy (non-hydrogen) atoms. The van der Waals surface area contributed by atoms with E-state index in [0.717, 1.165) is 0 Å². The number of likely N-dealkylation sites (tertiary alicyclic amines) is 1. The highest BCUT2D eigenvalue weighted by molar-refractivity contribution is 6.39. The van der Waals surface area contributed by atoms with Crippen LogP contribution in [-0.2, 0) is 14.3 Å². The van der Waals surface area contributed by atoms with Crippen LogP contribution in [0.15, 0.2) is 18.2 Å². The minimum atomic E-state index is -0.923. The van der Waals surface area contributed by atoms with Gasteiger partial charge in [0, 0.05) is 33.0 Å². The molecule has 2 fully saturated rings. The number of halogens is 1. The number of hydrogen-bond acceptors (Lipinski definition) is 5. The van der Waals surface area contributed by atoms with Crippen molar-refractivity contribution in [2.45, 2.75) is 18.4 Å². The van der Waals surface area contributed by atoms with Gasteiger partial charge in [-0.15, -0.1) is 0 Å². The first kappa shape index (κ1) is 18.0. The number of carbonyl (C=O) groups excluding carboxylic acids is 3. The fraction of sp³-hybridized carbons (Fsp3) is 0.471. The number of nitrogens with one attached hydrogen (secondary N) is 1. The molecular formula is C17H20FN3O5. The smallest absolute Gasteiger partial charge is 0.410 e. The van der Waals surface area contributed by atoms with Gasteiger partial charge in [0.15, 0.2) is 11.6 Å². The van der Waals surface area contributed by atoms with Crippen molar-refractivity contribution < 1.29 is 28.2 Å². The zero-order valence-electron chi connectivity index (χ0n) is 14.6. The molecule has 2 aliphatic heterocycles. The molecule has 1 aromatic carbocycles. The largest absolute Gasteiger partial charge is 0.494 e. The van der Waals surface area contributed by atoms with E-state index in [1.807, 2.05) is 0 Å². The molecule has 1 N–H and O–H groups in total. The molecule has 2 aliphatic rings. The SMILES string of the molecule is COc1cccc(NC(=O)C(=O)N2CCC3(CC2)CN(C)C(=O)O3)c1F. The Kier molecular flexibility index (Phi) is 4.71. The van der Waals surface area contributed by atoms with Crippen LogP contribution in [0.4, 0.5) is 14.9 Å². The van der Waals surface area contributed by atoms with Crippen molar-refractivity contribution in [1.82, 2.24) is 9.80 Å². The maximum Gasteiger partial charge on any atom is 0.410 e. The van der Waals surface area contributed by atoms with Crippen LogP contribution in [0, 0.1) is 5.82 Å². The lowest BCUT2D eigenvalue weighted by Crippen LogP contribution is -2.51. The molecular weight excluding hydrogens is 345 g/mol. The first-order valence-electron chi connectivity index (χ1n) is 8.22. The second-order valence-electron chi connectivity index (χ2n) is 6.48. The van der Waals surface area contributed by atoms with Gasteiger partial charge in [0.1, 0.15) is 5.60 Å². The lowest BCUT2D eigenvalue weighted by Gasteiger charge is -2.36. The monoisotopic (exact) mass is 365 g/mol. The summed E-state index contributed by atoms with van der Waals surface area (Å²) in [5.41, 5.74) is -0.722. The van der Waals surface area contributed by atoms with Gasteiger partial charge in [-0.05, 0) is 12.1 Å². The molecule has 0 radical (unpaired) electrons. The van der Waals surface area contributed by atoms with Gasteiger partial charge < -0.3 is 24.6 Å². The zero-order valence-corrected chi connectivity index (χ0v) is 14.6. The molecule has 1 spiro atoms. The average molecular weight is 365 g/mol. The second kappa shape index (κ2) is 6.81. The number of amides is 3. The summed E-state index contributed by atoms with van der Waals surface area (Å²) in [6, 6.07) is 4.27. The number of benzene rings is 1. The number of methoxy groups -OCH3 is 1. The summed E-state index contributed by atoms with van der Waals surface area (Å²) in [5, 5.41) is 2.28. The summed E-state index contributed by atoms with van der Waals surface area (Å²) < 4.78 is 24.4. The Bertz CT molecular complexity index is 746. The van der Waals surface area contributed by atoms with E-state index in [1.54, 1.807) is 7.05 Å². The van der Waals surface area contributed by atoms with Crippen LogP contribution in [0.3, 0.4) is 0 Å².